The normalized spacial score (nSPS) is 12.4. The number of aryl methyl sites for hydroxylation is 1. The highest BCUT2D eigenvalue weighted by Gasteiger charge is 2.02. The molecule has 64 valence electrons. The third-order valence-electron chi connectivity index (χ3n) is 1.38. The molecule has 0 radical (unpaired) electrons. The summed E-state index contributed by atoms with van der Waals surface area (Å²) < 4.78 is 4.87. The highest BCUT2D eigenvalue weighted by atomic mass is 16.5. The Hall–Kier alpha value is -1.34. The van der Waals surface area contributed by atoms with Gasteiger partial charge in [0.15, 0.2) is 5.82 Å². The fourth-order valence-corrected chi connectivity index (χ4v) is 0.711. The third-order valence-corrected chi connectivity index (χ3v) is 1.38. The van der Waals surface area contributed by atoms with Crippen LogP contribution in [-0.4, -0.2) is 16.2 Å². The summed E-state index contributed by atoms with van der Waals surface area (Å²) in [4.78, 5) is 4.01. The molecular formula is C8H11N3O. The van der Waals surface area contributed by atoms with E-state index in [1.165, 1.54) is 0 Å². The number of nitrogens with zero attached hydrogens (tertiary/aromatic N) is 2. The van der Waals surface area contributed by atoms with Gasteiger partial charge < -0.3 is 4.52 Å². The quantitative estimate of drug-likeness (QED) is 0.662. The first kappa shape index (κ1) is 8.75. The summed E-state index contributed by atoms with van der Waals surface area (Å²) in [5, 5.41) is 6.67. The van der Waals surface area contributed by atoms with Gasteiger partial charge in [-0.1, -0.05) is 11.1 Å². The smallest absolute Gasteiger partial charge is 0.240 e. The van der Waals surface area contributed by atoms with Crippen molar-refractivity contribution in [2.45, 2.75) is 26.4 Å². The van der Waals surface area contributed by atoms with Crippen molar-refractivity contribution in [1.29, 1.82) is 0 Å². The molecule has 1 aromatic rings. The molecule has 1 atom stereocenters. The van der Waals surface area contributed by atoms with Crippen LogP contribution in [-0.2, 0) is 6.54 Å². The zero-order chi connectivity index (χ0) is 8.97. The lowest BCUT2D eigenvalue weighted by Gasteiger charge is -2.02. The van der Waals surface area contributed by atoms with Gasteiger partial charge in [-0.2, -0.15) is 4.98 Å². The van der Waals surface area contributed by atoms with Crippen LogP contribution >= 0.6 is 0 Å². The highest BCUT2D eigenvalue weighted by Crippen LogP contribution is 1.94. The minimum absolute atomic E-state index is 0.0252. The first-order valence-electron chi connectivity index (χ1n) is 3.71. The number of nitrogens with one attached hydrogen (secondary N) is 1. The van der Waals surface area contributed by atoms with E-state index in [2.05, 4.69) is 21.4 Å². The fourth-order valence-electron chi connectivity index (χ4n) is 0.711. The van der Waals surface area contributed by atoms with E-state index in [0.717, 1.165) is 0 Å². The molecule has 0 saturated carbocycles. The SMILES string of the molecule is C#CC(C)NCc1nc(C)no1. The molecule has 0 aliphatic carbocycles. The predicted molar refractivity (Wildman–Crippen MR) is 44.2 cm³/mol. The monoisotopic (exact) mass is 165 g/mol. The molecule has 12 heavy (non-hydrogen) atoms. The number of aromatic nitrogens is 2. The lowest BCUT2D eigenvalue weighted by Crippen LogP contribution is -2.23. The highest BCUT2D eigenvalue weighted by molar-refractivity contribution is 4.96. The van der Waals surface area contributed by atoms with Crippen molar-refractivity contribution in [2.75, 3.05) is 0 Å². The lowest BCUT2D eigenvalue weighted by molar-refractivity contribution is 0.362. The molecule has 1 aromatic heterocycles. The third kappa shape index (κ3) is 2.36. The van der Waals surface area contributed by atoms with Gasteiger partial charge in [-0.3, -0.25) is 5.32 Å². The summed E-state index contributed by atoms with van der Waals surface area (Å²) in [6, 6.07) is 0.0252. The van der Waals surface area contributed by atoms with Crippen LogP contribution in [0.15, 0.2) is 4.52 Å². The maximum absolute atomic E-state index is 5.16. The zero-order valence-electron chi connectivity index (χ0n) is 7.16. The van der Waals surface area contributed by atoms with Crippen molar-refractivity contribution in [3.05, 3.63) is 11.7 Å². The lowest BCUT2D eigenvalue weighted by atomic mass is 10.3. The minimum Gasteiger partial charge on any atom is -0.338 e. The summed E-state index contributed by atoms with van der Waals surface area (Å²) in [5.74, 6) is 3.74. The Bertz CT molecular complexity index is 287. The molecule has 0 aromatic carbocycles. The molecule has 1 rings (SSSR count). The van der Waals surface area contributed by atoms with Gasteiger partial charge in [0.2, 0.25) is 5.89 Å². The summed E-state index contributed by atoms with van der Waals surface area (Å²) in [6.45, 7) is 4.19. The van der Waals surface area contributed by atoms with Crippen LogP contribution in [0.1, 0.15) is 18.6 Å². The Balaban J connectivity index is 2.39. The number of hydrogen-bond acceptors (Lipinski definition) is 4. The van der Waals surface area contributed by atoms with E-state index in [0.29, 0.717) is 18.3 Å². The van der Waals surface area contributed by atoms with Crippen LogP contribution in [0.2, 0.25) is 0 Å². The second kappa shape index (κ2) is 3.88. The summed E-state index contributed by atoms with van der Waals surface area (Å²) in [6.07, 6.45) is 5.16. The molecule has 1 N–H and O–H groups in total. The van der Waals surface area contributed by atoms with E-state index in [4.69, 9.17) is 10.9 Å². The average Bonchev–Trinajstić information content (AvgIpc) is 2.47. The van der Waals surface area contributed by atoms with Crippen molar-refractivity contribution >= 4 is 0 Å². The Morgan fingerprint density at radius 2 is 2.50 bits per heavy atom. The van der Waals surface area contributed by atoms with E-state index in [1.807, 2.05) is 6.92 Å². The van der Waals surface area contributed by atoms with Gasteiger partial charge in [0.25, 0.3) is 0 Å². The van der Waals surface area contributed by atoms with E-state index in [-0.39, 0.29) is 6.04 Å². The van der Waals surface area contributed by atoms with Crippen LogP contribution < -0.4 is 5.32 Å². The molecule has 1 unspecified atom stereocenters. The summed E-state index contributed by atoms with van der Waals surface area (Å²) >= 11 is 0. The first-order chi connectivity index (χ1) is 5.72. The van der Waals surface area contributed by atoms with Crippen molar-refractivity contribution in [2.24, 2.45) is 0 Å². The van der Waals surface area contributed by atoms with Crippen LogP contribution in [0.3, 0.4) is 0 Å². The standard InChI is InChI=1S/C8H11N3O/c1-4-6(2)9-5-8-10-7(3)11-12-8/h1,6,9H,5H2,2-3H3. The summed E-state index contributed by atoms with van der Waals surface area (Å²) in [7, 11) is 0. The molecule has 0 spiro atoms. The van der Waals surface area contributed by atoms with Gasteiger partial charge in [0, 0.05) is 0 Å². The Labute approximate surface area is 71.4 Å². The van der Waals surface area contributed by atoms with Crippen LogP contribution in [0.4, 0.5) is 0 Å². The molecule has 1 heterocycles. The Kier molecular flexibility index (Phi) is 2.83. The zero-order valence-corrected chi connectivity index (χ0v) is 7.16. The molecule has 0 bridgehead atoms. The molecule has 4 nitrogen and oxygen atoms in total. The molecular weight excluding hydrogens is 154 g/mol. The molecule has 0 fully saturated rings. The van der Waals surface area contributed by atoms with E-state index in [1.54, 1.807) is 6.92 Å². The molecule has 0 saturated heterocycles. The van der Waals surface area contributed by atoms with Crippen molar-refractivity contribution < 1.29 is 4.52 Å². The Morgan fingerprint density at radius 3 is 3.00 bits per heavy atom. The number of rotatable bonds is 3. The van der Waals surface area contributed by atoms with Crippen molar-refractivity contribution in [3.8, 4) is 12.3 Å². The predicted octanol–water partition coefficient (Wildman–Crippen LogP) is 0.489. The second-order valence-electron chi connectivity index (χ2n) is 2.50. The first-order valence-corrected chi connectivity index (χ1v) is 3.71. The minimum atomic E-state index is 0.0252. The topological polar surface area (TPSA) is 51.0 Å². The van der Waals surface area contributed by atoms with Crippen LogP contribution in [0, 0.1) is 19.3 Å². The maximum atomic E-state index is 5.16. The summed E-state index contributed by atoms with van der Waals surface area (Å²) in [5.41, 5.74) is 0. The molecule has 0 aliphatic heterocycles. The van der Waals surface area contributed by atoms with E-state index >= 15 is 0 Å². The van der Waals surface area contributed by atoms with Gasteiger partial charge in [-0.25, -0.2) is 0 Å². The fraction of sp³-hybridized carbons (Fsp3) is 0.500. The van der Waals surface area contributed by atoms with E-state index < -0.39 is 0 Å². The number of hydrogen-bond donors (Lipinski definition) is 1. The van der Waals surface area contributed by atoms with Crippen LogP contribution in [0.25, 0.3) is 0 Å². The number of terminal acetylenes is 1. The van der Waals surface area contributed by atoms with Crippen molar-refractivity contribution in [1.82, 2.24) is 15.5 Å². The molecule has 0 amide bonds. The molecule has 4 heteroatoms. The Morgan fingerprint density at radius 1 is 1.75 bits per heavy atom. The van der Waals surface area contributed by atoms with Gasteiger partial charge in [-0.05, 0) is 13.8 Å². The largest absolute Gasteiger partial charge is 0.338 e. The van der Waals surface area contributed by atoms with Gasteiger partial charge >= 0.3 is 0 Å². The van der Waals surface area contributed by atoms with Gasteiger partial charge in [0.05, 0.1) is 12.6 Å². The maximum Gasteiger partial charge on any atom is 0.240 e. The molecule has 0 aliphatic rings. The van der Waals surface area contributed by atoms with Crippen LogP contribution in [0.5, 0.6) is 0 Å². The van der Waals surface area contributed by atoms with Crippen molar-refractivity contribution in [3.63, 3.8) is 0 Å². The van der Waals surface area contributed by atoms with Gasteiger partial charge in [0.1, 0.15) is 0 Å². The average molecular weight is 165 g/mol. The second-order valence-corrected chi connectivity index (χ2v) is 2.50. The van der Waals surface area contributed by atoms with Gasteiger partial charge in [-0.15, -0.1) is 6.42 Å². The van der Waals surface area contributed by atoms with E-state index in [9.17, 15) is 0 Å².